The van der Waals surface area contributed by atoms with Gasteiger partial charge in [-0.1, -0.05) is 39.0 Å². The Morgan fingerprint density at radius 3 is 2.69 bits per heavy atom. The molecule has 2 N–H and O–H groups in total. The lowest BCUT2D eigenvalue weighted by Gasteiger charge is -2.03. The second kappa shape index (κ2) is 6.89. The Morgan fingerprint density at radius 1 is 1.31 bits per heavy atom. The zero-order chi connectivity index (χ0) is 11.8. The van der Waals surface area contributed by atoms with Crippen LogP contribution in [0.25, 0.3) is 0 Å². The molecule has 0 saturated heterocycles. The first-order valence-electron chi connectivity index (χ1n) is 6.00. The van der Waals surface area contributed by atoms with Crippen LogP contribution in [0.3, 0.4) is 0 Å². The molecule has 0 aliphatic carbocycles. The van der Waals surface area contributed by atoms with Crippen molar-refractivity contribution in [1.29, 1.82) is 5.26 Å². The van der Waals surface area contributed by atoms with E-state index in [1.54, 1.807) is 6.33 Å². The average molecular weight is 220 g/mol. The zero-order valence-electron chi connectivity index (χ0n) is 9.95. The Morgan fingerprint density at radius 2 is 2.00 bits per heavy atom. The van der Waals surface area contributed by atoms with Gasteiger partial charge >= 0.3 is 0 Å². The van der Waals surface area contributed by atoms with Crippen LogP contribution in [0.5, 0.6) is 0 Å². The van der Waals surface area contributed by atoms with Gasteiger partial charge in [0.25, 0.3) is 0 Å². The minimum absolute atomic E-state index is 0.341. The highest BCUT2D eigenvalue weighted by atomic mass is 15.1. The number of nitriles is 1. The van der Waals surface area contributed by atoms with E-state index in [0.717, 1.165) is 13.0 Å². The lowest BCUT2D eigenvalue weighted by molar-refractivity contribution is 0.556. The van der Waals surface area contributed by atoms with Crippen molar-refractivity contribution in [1.82, 2.24) is 9.55 Å². The molecular formula is C12H20N4. The Balaban J connectivity index is 2.25. The van der Waals surface area contributed by atoms with Gasteiger partial charge in [-0.25, -0.2) is 4.98 Å². The number of nitrogens with two attached hydrogens (primary N) is 1. The molecule has 16 heavy (non-hydrogen) atoms. The molecule has 0 aliphatic rings. The number of aryl methyl sites for hydroxylation is 1. The summed E-state index contributed by atoms with van der Waals surface area (Å²) in [5.74, 6) is 0.341. The first-order chi connectivity index (χ1) is 7.79. The molecule has 0 aliphatic heterocycles. The third-order valence-electron chi connectivity index (χ3n) is 2.72. The molecule has 1 aromatic rings. The van der Waals surface area contributed by atoms with Crippen LogP contribution in [0.4, 0.5) is 5.82 Å². The predicted octanol–water partition coefficient (Wildman–Crippen LogP) is 2.70. The second-order valence-corrected chi connectivity index (χ2v) is 4.05. The van der Waals surface area contributed by atoms with Crippen molar-refractivity contribution >= 4 is 5.82 Å². The quantitative estimate of drug-likeness (QED) is 0.718. The van der Waals surface area contributed by atoms with Gasteiger partial charge in [0.15, 0.2) is 11.5 Å². The lowest BCUT2D eigenvalue weighted by atomic mass is 10.1. The van der Waals surface area contributed by atoms with E-state index in [-0.39, 0.29) is 0 Å². The van der Waals surface area contributed by atoms with Gasteiger partial charge in [0, 0.05) is 6.54 Å². The normalized spacial score (nSPS) is 10.2. The molecule has 0 saturated carbocycles. The summed E-state index contributed by atoms with van der Waals surface area (Å²) >= 11 is 0. The number of unbranched alkanes of at least 4 members (excludes halogenated alkanes) is 5. The molecule has 0 radical (unpaired) electrons. The molecule has 4 nitrogen and oxygen atoms in total. The van der Waals surface area contributed by atoms with Crippen molar-refractivity contribution in [2.24, 2.45) is 0 Å². The summed E-state index contributed by atoms with van der Waals surface area (Å²) in [4.78, 5) is 3.93. The number of hydrogen-bond acceptors (Lipinski definition) is 3. The zero-order valence-corrected chi connectivity index (χ0v) is 9.95. The smallest absolute Gasteiger partial charge is 0.164 e. The van der Waals surface area contributed by atoms with Gasteiger partial charge in [-0.2, -0.15) is 5.26 Å². The highest BCUT2D eigenvalue weighted by molar-refractivity contribution is 5.43. The number of rotatable bonds is 7. The fourth-order valence-electron chi connectivity index (χ4n) is 1.75. The second-order valence-electron chi connectivity index (χ2n) is 4.05. The van der Waals surface area contributed by atoms with Crippen LogP contribution in [0.2, 0.25) is 0 Å². The fourth-order valence-corrected chi connectivity index (χ4v) is 1.75. The van der Waals surface area contributed by atoms with Gasteiger partial charge in [0.05, 0.1) is 6.33 Å². The summed E-state index contributed by atoms with van der Waals surface area (Å²) in [6.07, 6.45) is 9.14. The molecule has 0 bridgehead atoms. The standard InChI is InChI=1S/C12H20N4/c1-2-3-4-5-6-7-8-16-10-15-12(14)11(16)9-13/h10H,2-8,14H2,1H3. The molecule has 1 rings (SSSR count). The van der Waals surface area contributed by atoms with E-state index < -0.39 is 0 Å². The molecule has 0 spiro atoms. The van der Waals surface area contributed by atoms with E-state index in [9.17, 15) is 0 Å². The average Bonchev–Trinajstić information content (AvgIpc) is 2.64. The molecule has 88 valence electrons. The van der Waals surface area contributed by atoms with E-state index >= 15 is 0 Å². The van der Waals surface area contributed by atoms with Crippen molar-refractivity contribution < 1.29 is 0 Å². The van der Waals surface area contributed by atoms with Gasteiger partial charge in [0.2, 0.25) is 0 Å². The molecule has 4 heteroatoms. The number of imidazole rings is 1. The van der Waals surface area contributed by atoms with Crippen LogP contribution >= 0.6 is 0 Å². The van der Waals surface area contributed by atoms with Gasteiger partial charge in [-0.05, 0) is 6.42 Å². The summed E-state index contributed by atoms with van der Waals surface area (Å²) in [6, 6.07) is 2.08. The first-order valence-corrected chi connectivity index (χ1v) is 6.00. The number of aromatic nitrogens is 2. The Labute approximate surface area is 97.1 Å². The van der Waals surface area contributed by atoms with Crippen molar-refractivity contribution in [3.63, 3.8) is 0 Å². The maximum atomic E-state index is 8.87. The van der Waals surface area contributed by atoms with Crippen LogP contribution in [0, 0.1) is 11.3 Å². The van der Waals surface area contributed by atoms with Gasteiger partial charge < -0.3 is 10.3 Å². The van der Waals surface area contributed by atoms with Crippen molar-refractivity contribution in [2.45, 2.75) is 52.0 Å². The Bertz CT molecular complexity index is 348. The largest absolute Gasteiger partial charge is 0.381 e. The number of hydrogen-bond donors (Lipinski definition) is 1. The molecule has 0 unspecified atom stereocenters. The summed E-state index contributed by atoms with van der Waals surface area (Å²) in [5, 5.41) is 8.87. The summed E-state index contributed by atoms with van der Waals surface area (Å²) in [7, 11) is 0. The number of nitrogen functional groups attached to an aromatic ring is 1. The summed E-state index contributed by atoms with van der Waals surface area (Å²) in [5.41, 5.74) is 6.06. The van der Waals surface area contributed by atoms with Crippen LogP contribution in [0.1, 0.15) is 51.1 Å². The van der Waals surface area contributed by atoms with Crippen LogP contribution < -0.4 is 5.73 Å². The molecule has 0 aromatic carbocycles. The minimum atomic E-state index is 0.341. The van der Waals surface area contributed by atoms with Crippen molar-refractivity contribution in [2.75, 3.05) is 5.73 Å². The third kappa shape index (κ3) is 3.58. The number of anilines is 1. The molecule has 1 aromatic heterocycles. The van der Waals surface area contributed by atoms with E-state index in [1.807, 2.05) is 4.57 Å². The predicted molar refractivity (Wildman–Crippen MR) is 64.7 cm³/mol. The SMILES string of the molecule is CCCCCCCCn1cnc(N)c1C#N. The molecule has 0 fully saturated rings. The lowest BCUT2D eigenvalue weighted by Crippen LogP contribution is -2.00. The molecule has 0 amide bonds. The van der Waals surface area contributed by atoms with E-state index in [4.69, 9.17) is 11.0 Å². The van der Waals surface area contributed by atoms with E-state index in [2.05, 4.69) is 18.0 Å². The van der Waals surface area contributed by atoms with Gasteiger partial charge in [-0.15, -0.1) is 0 Å². The topological polar surface area (TPSA) is 67.6 Å². The van der Waals surface area contributed by atoms with Crippen molar-refractivity contribution in [3.8, 4) is 6.07 Å². The van der Waals surface area contributed by atoms with Crippen LogP contribution in [-0.4, -0.2) is 9.55 Å². The monoisotopic (exact) mass is 220 g/mol. The Kier molecular flexibility index (Phi) is 5.41. The minimum Gasteiger partial charge on any atom is -0.381 e. The summed E-state index contributed by atoms with van der Waals surface area (Å²) in [6.45, 7) is 3.06. The van der Waals surface area contributed by atoms with Gasteiger partial charge in [-0.3, -0.25) is 0 Å². The maximum absolute atomic E-state index is 8.87. The third-order valence-corrected chi connectivity index (χ3v) is 2.72. The highest BCUT2D eigenvalue weighted by Crippen LogP contribution is 2.11. The number of nitrogens with zero attached hydrogens (tertiary/aromatic N) is 3. The molecule has 0 atom stereocenters. The highest BCUT2D eigenvalue weighted by Gasteiger charge is 2.05. The van der Waals surface area contributed by atoms with Crippen LogP contribution in [-0.2, 0) is 6.54 Å². The van der Waals surface area contributed by atoms with E-state index in [0.29, 0.717) is 11.5 Å². The van der Waals surface area contributed by atoms with Crippen LogP contribution in [0.15, 0.2) is 6.33 Å². The van der Waals surface area contributed by atoms with E-state index in [1.165, 1.54) is 32.1 Å². The van der Waals surface area contributed by atoms with Gasteiger partial charge in [0.1, 0.15) is 6.07 Å². The first kappa shape index (κ1) is 12.6. The molecule has 1 heterocycles. The summed E-state index contributed by atoms with van der Waals surface area (Å²) < 4.78 is 1.84. The Hall–Kier alpha value is -1.50. The molecular weight excluding hydrogens is 200 g/mol. The fraction of sp³-hybridized carbons (Fsp3) is 0.667. The van der Waals surface area contributed by atoms with Crippen molar-refractivity contribution in [3.05, 3.63) is 12.0 Å². The maximum Gasteiger partial charge on any atom is 0.164 e.